The summed E-state index contributed by atoms with van der Waals surface area (Å²) in [4.78, 5) is 31.8. The number of hydrogen-bond acceptors (Lipinski definition) is 5. The average molecular weight is 332 g/mol. The van der Waals surface area contributed by atoms with Gasteiger partial charge in [0.2, 0.25) is 0 Å². The number of furan rings is 1. The van der Waals surface area contributed by atoms with E-state index >= 15 is 0 Å². The van der Waals surface area contributed by atoms with E-state index in [0.717, 1.165) is 0 Å². The molecule has 0 aliphatic carbocycles. The number of piperazine rings is 1. The zero-order valence-corrected chi connectivity index (χ0v) is 13.5. The standard InChI is InChI=1S/C15H20N6O3/c1-12(9-21-11-16-10-17-21)18-15(23)20-6-4-19(5-7-20)14(22)13-3-2-8-24-13/h2-3,8,10-12H,4-7,9H2,1H3,(H,18,23)/t12-/m1/s1. The first-order valence-corrected chi connectivity index (χ1v) is 7.84. The molecule has 1 aliphatic heterocycles. The Labute approximate surface area is 139 Å². The number of nitrogens with zero attached hydrogens (tertiary/aromatic N) is 5. The summed E-state index contributed by atoms with van der Waals surface area (Å²) >= 11 is 0. The first kappa shape index (κ1) is 16.0. The van der Waals surface area contributed by atoms with E-state index in [1.165, 1.54) is 12.6 Å². The van der Waals surface area contributed by atoms with Gasteiger partial charge in [-0.25, -0.2) is 9.78 Å². The summed E-state index contributed by atoms with van der Waals surface area (Å²) in [5.41, 5.74) is 0. The molecule has 9 nitrogen and oxygen atoms in total. The Morgan fingerprint density at radius 2 is 2.04 bits per heavy atom. The summed E-state index contributed by atoms with van der Waals surface area (Å²) in [5, 5.41) is 6.95. The van der Waals surface area contributed by atoms with Crippen LogP contribution in [0.15, 0.2) is 35.5 Å². The van der Waals surface area contributed by atoms with Crippen LogP contribution in [0.25, 0.3) is 0 Å². The van der Waals surface area contributed by atoms with E-state index in [1.54, 1.807) is 32.9 Å². The normalized spacial score (nSPS) is 16.0. The highest BCUT2D eigenvalue weighted by molar-refractivity contribution is 5.91. The van der Waals surface area contributed by atoms with Gasteiger partial charge in [0.1, 0.15) is 12.7 Å². The van der Waals surface area contributed by atoms with Crippen molar-refractivity contribution in [2.24, 2.45) is 0 Å². The highest BCUT2D eigenvalue weighted by atomic mass is 16.3. The predicted octanol–water partition coefficient (Wildman–Crippen LogP) is 0.427. The van der Waals surface area contributed by atoms with Gasteiger partial charge < -0.3 is 19.5 Å². The zero-order valence-electron chi connectivity index (χ0n) is 13.5. The molecule has 1 atom stereocenters. The molecule has 0 aromatic carbocycles. The van der Waals surface area contributed by atoms with Crippen molar-refractivity contribution in [3.8, 4) is 0 Å². The number of nitrogens with one attached hydrogen (secondary N) is 1. The quantitative estimate of drug-likeness (QED) is 0.876. The lowest BCUT2D eigenvalue weighted by atomic mass is 10.3. The molecule has 1 fully saturated rings. The van der Waals surface area contributed by atoms with Crippen molar-refractivity contribution in [1.29, 1.82) is 0 Å². The molecule has 2 aromatic heterocycles. The molecule has 128 valence electrons. The summed E-state index contributed by atoms with van der Waals surface area (Å²) in [7, 11) is 0. The Balaban J connectivity index is 1.45. The number of carbonyl (C=O) groups excluding carboxylic acids is 2. The fourth-order valence-corrected chi connectivity index (χ4v) is 2.62. The van der Waals surface area contributed by atoms with Crippen LogP contribution >= 0.6 is 0 Å². The summed E-state index contributed by atoms with van der Waals surface area (Å²) in [6.45, 7) is 4.44. The third kappa shape index (κ3) is 3.73. The van der Waals surface area contributed by atoms with E-state index in [1.807, 2.05) is 6.92 Å². The molecule has 1 saturated heterocycles. The molecule has 1 N–H and O–H groups in total. The topological polar surface area (TPSA) is 96.5 Å². The van der Waals surface area contributed by atoms with Crippen molar-refractivity contribution >= 4 is 11.9 Å². The van der Waals surface area contributed by atoms with Gasteiger partial charge in [-0.2, -0.15) is 5.10 Å². The van der Waals surface area contributed by atoms with Crippen molar-refractivity contribution in [1.82, 2.24) is 29.9 Å². The van der Waals surface area contributed by atoms with Crippen molar-refractivity contribution < 1.29 is 14.0 Å². The van der Waals surface area contributed by atoms with Crippen molar-refractivity contribution in [2.75, 3.05) is 26.2 Å². The molecule has 0 radical (unpaired) electrons. The van der Waals surface area contributed by atoms with Gasteiger partial charge in [-0.05, 0) is 19.1 Å². The van der Waals surface area contributed by atoms with Gasteiger partial charge in [-0.1, -0.05) is 0 Å². The maximum Gasteiger partial charge on any atom is 0.317 e. The molecule has 1 aliphatic rings. The number of rotatable bonds is 4. The highest BCUT2D eigenvalue weighted by Gasteiger charge is 2.26. The third-order valence-corrected chi connectivity index (χ3v) is 3.88. The fourth-order valence-electron chi connectivity index (χ4n) is 2.62. The van der Waals surface area contributed by atoms with Crippen LogP contribution in [0.5, 0.6) is 0 Å². The summed E-state index contributed by atoms with van der Waals surface area (Å²) in [5.74, 6) is 0.189. The predicted molar refractivity (Wildman–Crippen MR) is 84.2 cm³/mol. The zero-order chi connectivity index (χ0) is 16.9. The van der Waals surface area contributed by atoms with Crippen LogP contribution in [0.1, 0.15) is 17.5 Å². The summed E-state index contributed by atoms with van der Waals surface area (Å²) in [6, 6.07) is 3.13. The Bertz CT molecular complexity index is 661. The first-order valence-electron chi connectivity index (χ1n) is 7.84. The maximum absolute atomic E-state index is 12.3. The van der Waals surface area contributed by atoms with Gasteiger partial charge >= 0.3 is 6.03 Å². The van der Waals surface area contributed by atoms with Gasteiger partial charge in [0, 0.05) is 32.2 Å². The SMILES string of the molecule is C[C@H](Cn1cncn1)NC(=O)N1CCN(C(=O)c2ccco2)CC1. The van der Waals surface area contributed by atoms with Crippen molar-refractivity contribution in [3.05, 3.63) is 36.8 Å². The van der Waals surface area contributed by atoms with Crippen molar-refractivity contribution in [2.45, 2.75) is 19.5 Å². The van der Waals surface area contributed by atoms with Crippen LogP contribution in [0, 0.1) is 0 Å². The van der Waals surface area contributed by atoms with Crippen LogP contribution in [-0.4, -0.2) is 68.7 Å². The van der Waals surface area contributed by atoms with Crippen LogP contribution in [0.4, 0.5) is 4.79 Å². The first-order chi connectivity index (χ1) is 11.6. The van der Waals surface area contributed by atoms with Crippen LogP contribution in [0.3, 0.4) is 0 Å². The molecule has 0 saturated carbocycles. The fraction of sp³-hybridized carbons (Fsp3) is 0.467. The van der Waals surface area contributed by atoms with E-state index in [0.29, 0.717) is 38.5 Å². The minimum atomic E-state index is -0.139. The number of amides is 3. The lowest BCUT2D eigenvalue weighted by Crippen LogP contribution is -2.54. The van der Waals surface area contributed by atoms with Crippen LogP contribution < -0.4 is 5.32 Å². The summed E-state index contributed by atoms with van der Waals surface area (Å²) in [6.07, 6.45) is 4.55. The lowest BCUT2D eigenvalue weighted by Gasteiger charge is -2.34. The smallest absolute Gasteiger partial charge is 0.317 e. The Hall–Kier alpha value is -2.84. The third-order valence-electron chi connectivity index (χ3n) is 3.88. The summed E-state index contributed by atoms with van der Waals surface area (Å²) < 4.78 is 6.80. The van der Waals surface area contributed by atoms with Crippen LogP contribution in [0.2, 0.25) is 0 Å². The van der Waals surface area contributed by atoms with Gasteiger partial charge in [-0.3, -0.25) is 9.48 Å². The molecule has 9 heteroatoms. The molecule has 3 heterocycles. The Morgan fingerprint density at radius 1 is 1.29 bits per heavy atom. The minimum absolute atomic E-state index is 0.0676. The highest BCUT2D eigenvalue weighted by Crippen LogP contribution is 2.09. The molecular formula is C15H20N6O3. The molecular weight excluding hydrogens is 312 g/mol. The van der Waals surface area contributed by atoms with Gasteiger partial charge in [0.05, 0.1) is 12.8 Å². The monoisotopic (exact) mass is 332 g/mol. The van der Waals surface area contributed by atoms with Crippen LogP contribution in [-0.2, 0) is 6.54 Å². The van der Waals surface area contributed by atoms with E-state index in [9.17, 15) is 9.59 Å². The largest absolute Gasteiger partial charge is 0.459 e. The average Bonchev–Trinajstić information content (AvgIpc) is 3.27. The van der Waals surface area contributed by atoms with Gasteiger partial charge in [0.25, 0.3) is 5.91 Å². The molecule has 3 rings (SSSR count). The number of aromatic nitrogens is 3. The molecule has 0 unspecified atom stereocenters. The minimum Gasteiger partial charge on any atom is -0.459 e. The lowest BCUT2D eigenvalue weighted by molar-refractivity contribution is 0.0632. The van der Waals surface area contributed by atoms with Gasteiger partial charge in [0.15, 0.2) is 5.76 Å². The van der Waals surface area contributed by atoms with E-state index in [-0.39, 0.29) is 18.0 Å². The second kappa shape index (κ2) is 7.16. The molecule has 0 bridgehead atoms. The van der Waals surface area contributed by atoms with E-state index in [2.05, 4.69) is 15.4 Å². The second-order valence-corrected chi connectivity index (χ2v) is 5.72. The Morgan fingerprint density at radius 3 is 2.67 bits per heavy atom. The van der Waals surface area contributed by atoms with E-state index in [4.69, 9.17) is 4.42 Å². The number of urea groups is 1. The molecule has 24 heavy (non-hydrogen) atoms. The van der Waals surface area contributed by atoms with E-state index < -0.39 is 0 Å². The maximum atomic E-state index is 12.3. The van der Waals surface area contributed by atoms with Crippen molar-refractivity contribution in [3.63, 3.8) is 0 Å². The molecule has 3 amide bonds. The van der Waals surface area contributed by atoms with Gasteiger partial charge in [-0.15, -0.1) is 0 Å². The second-order valence-electron chi connectivity index (χ2n) is 5.72. The molecule has 2 aromatic rings. The molecule has 0 spiro atoms. The Kier molecular flexibility index (Phi) is 4.78. The number of carbonyl (C=O) groups is 2. The number of hydrogen-bond donors (Lipinski definition) is 1.